The van der Waals surface area contributed by atoms with Gasteiger partial charge in [0, 0.05) is 23.2 Å². The number of nitrogens with one attached hydrogen (secondary N) is 1. The van der Waals surface area contributed by atoms with Crippen LogP contribution in [-0.2, 0) is 4.74 Å². The van der Waals surface area contributed by atoms with Crippen LogP contribution in [0.25, 0.3) is 10.8 Å². The minimum Gasteiger partial charge on any atom is -0.449 e. The maximum atomic E-state index is 12.1. The van der Waals surface area contributed by atoms with Gasteiger partial charge in [0.05, 0.1) is 6.61 Å². The van der Waals surface area contributed by atoms with Crippen molar-refractivity contribution in [2.75, 3.05) is 26.0 Å². The van der Waals surface area contributed by atoms with E-state index in [1.165, 1.54) is 0 Å². The Morgan fingerprint density at radius 1 is 1.04 bits per heavy atom. The first-order valence-corrected chi connectivity index (χ1v) is 9.25. The first-order chi connectivity index (χ1) is 13.0. The van der Waals surface area contributed by atoms with E-state index in [-0.39, 0.29) is 6.04 Å². The van der Waals surface area contributed by atoms with Crippen LogP contribution >= 0.6 is 11.6 Å². The van der Waals surface area contributed by atoms with Gasteiger partial charge in [-0.3, -0.25) is 5.32 Å². The van der Waals surface area contributed by atoms with Crippen LogP contribution in [0, 0.1) is 0 Å². The van der Waals surface area contributed by atoms with E-state index in [2.05, 4.69) is 10.2 Å². The number of carbonyl (C=O) groups is 1. The second-order valence-corrected chi connectivity index (χ2v) is 7.08. The molecule has 0 radical (unpaired) electrons. The normalized spacial score (nSPS) is 12.1. The highest BCUT2D eigenvalue weighted by Gasteiger charge is 2.15. The predicted molar refractivity (Wildman–Crippen MR) is 111 cm³/mol. The van der Waals surface area contributed by atoms with Crippen molar-refractivity contribution in [2.45, 2.75) is 12.5 Å². The number of benzene rings is 3. The Hall–Kier alpha value is -2.56. The number of carbonyl (C=O) groups excluding carboxylic acids is 1. The molecule has 0 aromatic heterocycles. The molecule has 0 spiro atoms. The fourth-order valence-electron chi connectivity index (χ4n) is 3.09. The summed E-state index contributed by atoms with van der Waals surface area (Å²) in [5.41, 5.74) is 1.86. The Morgan fingerprint density at radius 3 is 2.44 bits per heavy atom. The molecule has 27 heavy (non-hydrogen) atoms. The topological polar surface area (TPSA) is 41.6 Å². The van der Waals surface area contributed by atoms with Gasteiger partial charge in [-0.15, -0.1) is 0 Å². The van der Waals surface area contributed by atoms with Crippen LogP contribution in [0.15, 0.2) is 66.7 Å². The van der Waals surface area contributed by atoms with Crippen LogP contribution in [0.3, 0.4) is 0 Å². The number of anilines is 1. The number of hydrogen-bond acceptors (Lipinski definition) is 3. The van der Waals surface area contributed by atoms with Gasteiger partial charge in [-0.1, -0.05) is 54.1 Å². The summed E-state index contributed by atoms with van der Waals surface area (Å²) in [6.45, 7) is 0.324. The maximum Gasteiger partial charge on any atom is 0.411 e. The molecule has 3 aromatic carbocycles. The zero-order chi connectivity index (χ0) is 19.2. The van der Waals surface area contributed by atoms with Gasteiger partial charge >= 0.3 is 6.09 Å². The van der Waals surface area contributed by atoms with Crippen molar-refractivity contribution < 1.29 is 9.53 Å². The molecule has 3 rings (SSSR count). The SMILES string of the molecule is CN(C)C(CCOC(=O)Nc1ccc2ccccc2c1)c1ccc(Cl)cc1. The Bertz CT molecular complexity index is 910. The second-order valence-electron chi connectivity index (χ2n) is 6.64. The summed E-state index contributed by atoms with van der Waals surface area (Å²) < 4.78 is 5.38. The van der Waals surface area contributed by atoms with Gasteiger partial charge in [0.1, 0.15) is 0 Å². The van der Waals surface area contributed by atoms with Crippen molar-refractivity contribution in [3.63, 3.8) is 0 Å². The lowest BCUT2D eigenvalue weighted by Crippen LogP contribution is -2.23. The zero-order valence-electron chi connectivity index (χ0n) is 15.5. The molecule has 1 unspecified atom stereocenters. The lowest BCUT2D eigenvalue weighted by atomic mass is 10.0. The molecule has 0 aliphatic rings. The van der Waals surface area contributed by atoms with E-state index < -0.39 is 6.09 Å². The second kappa shape index (κ2) is 8.89. The Morgan fingerprint density at radius 2 is 1.74 bits per heavy atom. The van der Waals surface area contributed by atoms with E-state index in [0.717, 1.165) is 22.0 Å². The van der Waals surface area contributed by atoms with Gasteiger partial charge in [0.25, 0.3) is 0 Å². The van der Waals surface area contributed by atoms with Gasteiger partial charge in [-0.05, 0) is 54.7 Å². The van der Waals surface area contributed by atoms with Gasteiger partial charge in [0.2, 0.25) is 0 Å². The Balaban J connectivity index is 1.55. The first kappa shape index (κ1) is 19.2. The van der Waals surface area contributed by atoms with Crippen molar-refractivity contribution in [2.24, 2.45) is 0 Å². The molecule has 1 atom stereocenters. The maximum absolute atomic E-state index is 12.1. The summed E-state index contributed by atoms with van der Waals surface area (Å²) in [4.78, 5) is 14.2. The average Bonchev–Trinajstić information content (AvgIpc) is 2.66. The largest absolute Gasteiger partial charge is 0.449 e. The Kier molecular flexibility index (Phi) is 6.32. The fraction of sp³-hybridized carbons (Fsp3) is 0.227. The van der Waals surface area contributed by atoms with Crippen molar-refractivity contribution >= 4 is 34.2 Å². The summed E-state index contributed by atoms with van der Waals surface area (Å²) in [5.74, 6) is 0. The quantitative estimate of drug-likeness (QED) is 0.591. The average molecular weight is 383 g/mol. The summed E-state index contributed by atoms with van der Waals surface area (Å²) >= 11 is 5.96. The molecule has 0 aliphatic heterocycles. The number of halogens is 1. The monoisotopic (exact) mass is 382 g/mol. The highest BCUT2D eigenvalue weighted by atomic mass is 35.5. The summed E-state index contributed by atoms with van der Waals surface area (Å²) in [7, 11) is 4.02. The minimum absolute atomic E-state index is 0.149. The molecule has 0 saturated heterocycles. The molecule has 140 valence electrons. The Labute approximate surface area is 164 Å². The number of rotatable bonds is 6. The van der Waals surface area contributed by atoms with Gasteiger partial charge in [0.15, 0.2) is 0 Å². The zero-order valence-corrected chi connectivity index (χ0v) is 16.2. The highest BCUT2D eigenvalue weighted by Crippen LogP contribution is 2.24. The van der Waals surface area contributed by atoms with Crippen LogP contribution in [0.5, 0.6) is 0 Å². The molecular formula is C22H23ClN2O2. The number of amides is 1. The molecular weight excluding hydrogens is 360 g/mol. The minimum atomic E-state index is -0.445. The van der Waals surface area contributed by atoms with Crippen molar-refractivity contribution in [3.8, 4) is 0 Å². The third kappa shape index (κ3) is 5.22. The molecule has 5 heteroatoms. The van der Waals surface area contributed by atoms with Gasteiger partial charge in [-0.25, -0.2) is 4.79 Å². The summed E-state index contributed by atoms with van der Waals surface area (Å²) in [6, 6.07) is 21.7. The number of hydrogen-bond donors (Lipinski definition) is 1. The van der Waals surface area contributed by atoms with Crippen molar-refractivity contribution in [3.05, 3.63) is 77.3 Å². The summed E-state index contributed by atoms with van der Waals surface area (Å²) in [6.07, 6.45) is 0.249. The standard InChI is InChI=1S/C22H23ClN2O2/c1-25(2)21(17-7-10-19(23)11-8-17)13-14-27-22(26)24-20-12-9-16-5-3-4-6-18(16)15-20/h3-12,15,21H,13-14H2,1-2H3,(H,24,26). The van der Waals surface area contributed by atoms with Crippen molar-refractivity contribution in [1.29, 1.82) is 0 Å². The van der Waals surface area contributed by atoms with Gasteiger partial charge in [-0.2, -0.15) is 0 Å². The number of nitrogens with zero attached hydrogens (tertiary/aromatic N) is 1. The van der Waals surface area contributed by atoms with E-state index in [1.807, 2.05) is 80.8 Å². The highest BCUT2D eigenvalue weighted by molar-refractivity contribution is 6.30. The fourth-order valence-corrected chi connectivity index (χ4v) is 3.22. The number of ether oxygens (including phenoxy) is 1. The third-order valence-corrected chi connectivity index (χ3v) is 4.75. The third-order valence-electron chi connectivity index (χ3n) is 4.50. The van der Waals surface area contributed by atoms with Crippen LogP contribution in [0.1, 0.15) is 18.0 Å². The van der Waals surface area contributed by atoms with Crippen LogP contribution in [0.2, 0.25) is 5.02 Å². The van der Waals surface area contributed by atoms with E-state index in [9.17, 15) is 4.79 Å². The lowest BCUT2D eigenvalue weighted by Gasteiger charge is -2.24. The van der Waals surface area contributed by atoms with Crippen molar-refractivity contribution in [1.82, 2.24) is 4.90 Å². The molecule has 0 aliphatic carbocycles. The van der Waals surface area contributed by atoms with E-state index in [4.69, 9.17) is 16.3 Å². The molecule has 0 fully saturated rings. The van der Waals surface area contributed by atoms with Crippen LogP contribution < -0.4 is 5.32 Å². The van der Waals surface area contributed by atoms with E-state index in [1.54, 1.807) is 0 Å². The molecule has 0 bridgehead atoms. The molecule has 0 heterocycles. The molecule has 1 amide bonds. The van der Waals surface area contributed by atoms with Gasteiger partial charge < -0.3 is 9.64 Å². The molecule has 1 N–H and O–H groups in total. The van der Waals surface area contributed by atoms with Crippen LogP contribution in [0.4, 0.5) is 10.5 Å². The van der Waals surface area contributed by atoms with E-state index in [0.29, 0.717) is 18.1 Å². The number of fused-ring (bicyclic) bond motifs is 1. The van der Waals surface area contributed by atoms with Crippen LogP contribution in [-0.4, -0.2) is 31.7 Å². The smallest absolute Gasteiger partial charge is 0.411 e. The molecule has 3 aromatic rings. The first-order valence-electron chi connectivity index (χ1n) is 8.87. The molecule has 0 saturated carbocycles. The predicted octanol–water partition coefficient (Wildman–Crippen LogP) is 5.73. The molecule has 4 nitrogen and oxygen atoms in total. The van der Waals surface area contributed by atoms with E-state index >= 15 is 0 Å². The lowest BCUT2D eigenvalue weighted by molar-refractivity contribution is 0.145. The summed E-state index contributed by atoms with van der Waals surface area (Å²) in [5, 5.41) is 5.71.